The fourth-order valence-corrected chi connectivity index (χ4v) is 1.19. The van der Waals surface area contributed by atoms with E-state index < -0.39 is 0 Å². The molecule has 0 radical (unpaired) electrons. The van der Waals surface area contributed by atoms with Crippen LogP contribution in [0.3, 0.4) is 0 Å². The molecule has 4 nitrogen and oxygen atoms in total. The maximum Gasteiger partial charge on any atom is 0.123 e. The Bertz CT molecular complexity index is 211. The van der Waals surface area contributed by atoms with Gasteiger partial charge in [-0.15, -0.1) is 0 Å². The lowest BCUT2D eigenvalue weighted by molar-refractivity contribution is 0.0681. The molecule has 1 saturated heterocycles. The van der Waals surface area contributed by atoms with E-state index in [1.165, 1.54) is 0 Å². The monoisotopic (exact) mass is 203 g/mol. The van der Waals surface area contributed by atoms with Gasteiger partial charge in [-0.2, -0.15) is 0 Å². The summed E-state index contributed by atoms with van der Waals surface area (Å²) in [5, 5.41) is 10.9. The largest absolute Gasteiger partial charge is 0.379 e. The van der Waals surface area contributed by atoms with Gasteiger partial charge in [0, 0.05) is 26.2 Å². The van der Waals surface area contributed by atoms with Gasteiger partial charge in [0.15, 0.2) is 0 Å². The first-order valence-corrected chi connectivity index (χ1v) is 4.58. The molecule has 1 aliphatic rings. The van der Waals surface area contributed by atoms with E-state index in [4.69, 9.17) is 21.7 Å². The second-order valence-corrected chi connectivity index (χ2v) is 3.13. The lowest BCUT2D eigenvalue weighted by atomic mass is 10.4. The molecule has 74 valence electrons. The summed E-state index contributed by atoms with van der Waals surface area (Å²) in [5.41, 5.74) is 0. The summed E-state index contributed by atoms with van der Waals surface area (Å²) in [6.07, 6.45) is 1.60. The second kappa shape index (κ2) is 5.09. The number of hydrogen-bond acceptors (Lipinski definition) is 3. The molecule has 0 amide bonds. The van der Waals surface area contributed by atoms with Crippen molar-refractivity contribution in [3.63, 3.8) is 0 Å². The summed E-state index contributed by atoms with van der Waals surface area (Å²) >= 11 is 5.73. The number of morpholine rings is 1. The lowest BCUT2D eigenvalue weighted by Crippen LogP contribution is -2.39. The maximum atomic E-state index is 7.69. The van der Waals surface area contributed by atoms with E-state index in [1.807, 2.05) is 4.90 Å². The van der Waals surface area contributed by atoms with Gasteiger partial charge in [0.1, 0.15) is 11.0 Å². The fraction of sp³-hybridized carbons (Fsp3) is 0.625. The SMILES string of the molecule is CN/C(Cl)=C\C(=N)N1CCOCC1. The number of ether oxygens (including phenoxy) is 1. The minimum atomic E-state index is 0.433. The van der Waals surface area contributed by atoms with E-state index in [-0.39, 0.29) is 0 Å². The molecule has 1 heterocycles. The van der Waals surface area contributed by atoms with Gasteiger partial charge < -0.3 is 15.0 Å². The number of hydrogen-bond donors (Lipinski definition) is 2. The average molecular weight is 204 g/mol. The highest BCUT2D eigenvalue weighted by atomic mass is 35.5. The molecular formula is C8H14ClN3O. The Labute approximate surface area is 83.0 Å². The van der Waals surface area contributed by atoms with Crippen LogP contribution in [0.1, 0.15) is 0 Å². The predicted octanol–water partition coefficient (Wildman–Crippen LogP) is 0.595. The molecule has 0 aliphatic carbocycles. The highest BCUT2D eigenvalue weighted by Gasteiger charge is 2.11. The molecule has 0 atom stereocenters. The van der Waals surface area contributed by atoms with Crippen molar-refractivity contribution in [2.45, 2.75) is 0 Å². The van der Waals surface area contributed by atoms with Crippen LogP contribution in [0.2, 0.25) is 0 Å². The molecule has 0 unspecified atom stereocenters. The highest BCUT2D eigenvalue weighted by Crippen LogP contribution is 2.02. The van der Waals surface area contributed by atoms with Crippen molar-refractivity contribution in [3.8, 4) is 0 Å². The first kappa shape index (κ1) is 10.3. The van der Waals surface area contributed by atoms with Crippen LogP contribution in [0.5, 0.6) is 0 Å². The van der Waals surface area contributed by atoms with Crippen molar-refractivity contribution in [3.05, 3.63) is 11.2 Å². The zero-order valence-electron chi connectivity index (χ0n) is 7.64. The van der Waals surface area contributed by atoms with Gasteiger partial charge in [-0.25, -0.2) is 0 Å². The van der Waals surface area contributed by atoms with Gasteiger partial charge in [-0.1, -0.05) is 11.6 Å². The van der Waals surface area contributed by atoms with Gasteiger partial charge in [0.05, 0.1) is 13.2 Å². The molecule has 13 heavy (non-hydrogen) atoms. The third-order valence-corrected chi connectivity index (χ3v) is 2.15. The minimum Gasteiger partial charge on any atom is -0.379 e. The Morgan fingerprint density at radius 3 is 2.69 bits per heavy atom. The molecule has 0 saturated carbocycles. The summed E-state index contributed by atoms with van der Waals surface area (Å²) in [4.78, 5) is 1.93. The van der Waals surface area contributed by atoms with Crippen molar-refractivity contribution >= 4 is 17.4 Å². The molecule has 0 aromatic heterocycles. The molecule has 1 aliphatic heterocycles. The molecule has 0 aromatic carbocycles. The lowest BCUT2D eigenvalue weighted by Gasteiger charge is -2.27. The number of halogens is 1. The molecule has 0 aromatic rings. The fourth-order valence-electron chi connectivity index (χ4n) is 1.09. The van der Waals surface area contributed by atoms with Crippen LogP contribution in [0.4, 0.5) is 0 Å². The van der Waals surface area contributed by atoms with Crippen molar-refractivity contribution in [2.75, 3.05) is 33.4 Å². The Hall–Kier alpha value is -0.740. The zero-order valence-corrected chi connectivity index (χ0v) is 8.40. The maximum absolute atomic E-state index is 7.69. The summed E-state index contributed by atoms with van der Waals surface area (Å²) in [6, 6.07) is 0. The Morgan fingerprint density at radius 1 is 1.54 bits per heavy atom. The van der Waals surface area contributed by atoms with Gasteiger partial charge in [0.25, 0.3) is 0 Å². The van der Waals surface area contributed by atoms with Crippen LogP contribution in [-0.4, -0.2) is 44.1 Å². The standard InChI is InChI=1S/C8H14ClN3O/c1-11-7(9)6-8(10)12-2-4-13-5-3-12/h6,10-11H,2-5H2,1H3/b7-6-,10-8?. The summed E-state index contributed by atoms with van der Waals surface area (Å²) < 4.78 is 5.17. The van der Waals surface area contributed by atoms with Gasteiger partial charge >= 0.3 is 0 Å². The van der Waals surface area contributed by atoms with E-state index in [2.05, 4.69) is 5.32 Å². The predicted molar refractivity (Wildman–Crippen MR) is 53.1 cm³/mol. The second-order valence-electron chi connectivity index (χ2n) is 2.73. The van der Waals surface area contributed by atoms with Gasteiger partial charge in [0.2, 0.25) is 0 Å². The quantitative estimate of drug-likeness (QED) is 0.393. The number of nitrogens with zero attached hydrogens (tertiary/aromatic N) is 1. The minimum absolute atomic E-state index is 0.433. The normalized spacial score (nSPS) is 18.6. The van der Waals surface area contributed by atoms with E-state index in [9.17, 15) is 0 Å². The average Bonchev–Trinajstić information content (AvgIpc) is 2.19. The van der Waals surface area contributed by atoms with Crippen LogP contribution in [0, 0.1) is 5.41 Å². The number of amidine groups is 1. The first-order valence-electron chi connectivity index (χ1n) is 4.20. The molecule has 1 rings (SSSR count). The Kier molecular flexibility index (Phi) is 4.05. The van der Waals surface area contributed by atoms with Crippen molar-refractivity contribution in [2.24, 2.45) is 0 Å². The summed E-state index contributed by atoms with van der Waals surface area (Å²) in [6.45, 7) is 2.91. The number of nitrogens with one attached hydrogen (secondary N) is 2. The van der Waals surface area contributed by atoms with Crippen LogP contribution < -0.4 is 5.32 Å². The number of rotatable bonds is 2. The van der Waals surface area contributed by atoms with Crippen molar-refractivity contribution < 1.29 is 4.74 Å². The summed E-state index contributed by atoms with van der Waals surface area (Å²) in [5.74, 6) is 0.433. The highest BCUT2D eigenvalue weighted by molar-refractivity contribution is 6.30. The summed E-state index contributed by atoms with van der Waals surface area (Å²) in [7, 11) is 1.73. The molecule has 5 heteroatoms. The Balaban J connectivity index is 2.46. The van der Waals surface area contributed by atoms with Gasteiger partial charge in [-0.3, -0.25) is 5.41 Å². The zero-order chi connectivity index (χ0) is 9.68. The molecule has 2 N–H and O–H groups in total. The van der Waals surface area contributed by atoms with Crippen LogP contribution in [0.25, 0.3) is 0 Å². The topological polar surface area (TPSA) is 48.4 Å². The van der Waals surface area contributed by atoms with Crippen molar-refractivity contribution in [1.82, 2.24) is 10.2 Å². The Morgan fingerprint density at radius 2 is 2.15 bits per heavy atom. The third kappa shape index (κ3) is 3.24. The van der Waals surface area contributed by atoms with Crippen LogP contribution >= 0.6 is 11.6 Å². The third-order valence-electron chi connectivity index (χ3n) is 1.85. The van der Waals surface area contributed by atoms with Crippen LogP contribution in [-0.2, 0) is 4.74 Å². The smallest absolute Gasteiger partial charge is 0.123 e. The molecule has 0 bridgehead atoms. The first-order chi connectivity index (χ1) is 6.24. The molecular weight excluding hydrogens is 190 g/mol. The van der Waals surface area contributed by atoms with E-state index in [0.717, 1.165) is 13.1 Å². The van der Waals surface area contributed by atoms with Gasteiger partial charge in [-0.05, 0) is 0 Å². The molecule has 0 spiro atoms. The van der Waals surface area contributed by atoms with Crippen LogP contribution in [0.15, 0.2) is 11.2 Å². The van der Waals surface area contributed by atoms with E-state index in [1.54, 1.807) is 13.1 Å². The van der Waals surface area contributed by atoms with Crippen molar-refractivity contribution in [1.29, 1.82) is 5.41 Å². The molecule has 1 fully saturated rings. The van der Waals surface area contributed by atoms with E-state index in [0.29, 0.717) is 24.2 Å². The van der Waals surface area contributed by atoms with E-state index >= 15 is 0 Å².